The molecule has 39 heavy (non-hydrogen) atoms. The molecule has 5 aromatic rings. The van der Waals surface area contributed by atoms with E-state index in [1.54, 1.807) is 0 Å². The molecule has 0 spiro atoms. The van der Waals surface area contributed by atoms with Gasteiger partial charge in [-0.15, -0.1) is 0 Å². The van der Waals surface area contributed by atoms with Gasteiger partial charge in [-0.05, 0) is 54.6 Å². The van der Waals surface area contributed by atoms with Crippen molar-refractivity contribution in [1.29, 1.82) is 0 Å². The number of anilines is 1. The van der Waals surface area contributed by atoms with Gasteiger partial charge in [0.05, 0.1) is 11.0 Å². The van der Waals surface area contributed by atoms with Crippen molar-refractivity contribution in [2.24, 2.45) is 0 Å². The number of likely N-dealkylation sites (N-methyl/N-ethyl adjacent to an activating group) is 1. The standard InChI is InChI=1S/C33H33N5O/c1-36-18-20-37(21-19-36)29-16-14-25(15-17-29)23-34-33(39)28-11-7-10-27(22-28)32-35-30-12-5-6-13-31(30)38(32)24-26-8-3-2-4-9-26/h2-17,22H,18-21,23-24H2,1H3,(H,34,39). The molecule has 0 saturated carbocycles. The number of hydrogen-bond acceptors (Lipinski definition) is 4. The van der Waals surface area contributed by atoms with Crippen LogP contribution in [-0.2, 0) is 13.1 Å². The van der Waals surface area contributed by atoms with Gasteiger partial charge < -0.3 is 19.7 Å². The number of nitrogens with zero attached hydrogens (tertiary/aromatic N) is 4. The summed E-state index contributed by atoms with van der Waals surface area (Å²) in [4.78, 5) is 22.9. The van der Waals surface area contributed by atoms with Crippen LogP contribution >= 0.6 is 0 Å². The lowest BCUT2D eigenvalue weighted by Gasteiger charge is -2.34. The number of nitrogens with one attached hydrogen (secondary N) is 1. The molecule has 196 valence electrons. The molecule has 1 aromatic heterocycles. The topological polar surface area (TPSA) is 53.4 Å². The van der Waals surface area contributed by atoms with Crippen LogP contribution in [0.1, 0.15) is 21.5 Å². The number of carbonyl (C=O) groups excluding carboxylic acids is 1. The molecular formula is C33H33N5O. The highest BCUT2D eigenvalue weighted by atomic mass is 16.1. The zero-order chi connectivity index (χ0) is 26.6. The maximum absolute atomic E-state index is 13.1. The number of benzene rings is 4. The van der Waals surface area contributed by atoms with E-state index in [1.807, 2.05) is 48.5 Å². The first kappa shape index (κ1) is 24.9. The zero-order valence-electron chi connectivity index (χ0n) is 22.3. The highest BCUT2D eigenvalue weighted by Gasteiger charge is 2.16. The molecule has 0 unspecified atom stereocenters. The van der Waals surface area contributed by atoms with Crippen molar-refractivity contribution in [1.82, 2.24) is 19.8 Å². The molecule has 1 saturated heterocycles. The fraction of sp³-hybridized carbons (Fsp3) is 0.212. The second-order valence-corrected chi connectivity index (χ2v) is 10.2. The number of imidazole rings is 1. The molecule has 6 heteroatoms. The maximum atomic E-state index is 13.1. The van der Waals surface area contributed by atoms with E-state index < -0.39 is 0 Å². The number of rotatable bonds is 7. The summed E-state index contributed by atoms with van der Waals surface area (Å²) in [7, 11) is 2.17. The van der Waals surface area contributed by atoms with Crippen LogP contribution in [0.15, 0.2) is 103 Å². The fourth-order valence-corrected chi connectivity index (χ4v) is 5.20. The third kappa shape index (κ3) is 5.56. The van der Waals surface area contributed by atoms with E-state index in [2.05, 4.69) is 81.3 Å². The first-order chi connectivity index (χ1) is 19.1. The van der Waals surface area contributed by atoms with Gasteiger partial charge in [0.1, 0.15) is 5.82 Å². The molecular weight excluding hydrogens is 482 g/mol. The lowest BCUT2D eigenvalue weighted by molar-refractivity contribution is 0.0951. The van der Waals surface area contributed by atoms with Gasteiger partial charge in [-0.1, -0.05) is 66.7 Å². The van der Waals surface area contributed by atoms with Gasteiger partial charge in [-0.25, -0.2) is 4.98 Å². The minimum Gasteiger partial charge on any atom is -0.369 e. The highest BCUT2D eigenvalue weighted by molar-refractivity contribution is 5.95. The van der Waals surface area contributed by atoms with Gasteiger partial charge in [0, 0.05) is 56.1 Å². The Morgan fingerprint density at radius 3 is 2.33 bits per heavy atom. The summed E-state index contributed by atoms with van der Waals surface area (Å²) in [6, 6.07) is 34.9. The van der Waals surface area contributed by atoms with Gasteiger partial charge in [0.15, 0.2) is 0 Å². The normalized spacial score (nSPS) is 14.0. The summed E-state index contributed by atoms with van der Waals surface area (Å²) in [6.07, 6.45) is 0. The van der Waals surface area contributed by atoms with Crippen LogP contribution in [0.2, 0.25) is 0 Å². The van der Waals surface area contributed by atoms with Gasteiger partial charge in [-0.2, -0.15) is 0 Å². The Hall–Kier alpha value is -4.42. The maximum Gasteiger partial charge on any atom is 0.251 e. The summed E-state index contributed by atoms with van der Waals surface area (Å²) in [5.74, 6) is 0.764. The van der Waals surface area contributed by atoms with Gasteiger partial charge in [-0.3, -0.25) is 4.79 Å². The molecule has 1 aliphatic heterocycles. The Kier molecular flexibility index (Phi) is 7.11. The number of para-hydroxylation sites is 2. The van der Waals surface area contributed by atoms with Crippen molar-refractivity contribution < 1.29 is 4.79 Å². The van der Waals surface area contributed by atoms with E-state index in [9.17, 15) is 4.79 Å². The number of hydrogen-bond donors (Lipinski definition) is 1. The first-order valence-corrected chi connectivity index (χ1v) is 13.5. The molecule has 6 nitrogen and oxygen atoms in total. The molecule has 0 radical (unpaired) electrons. The molecule has 1 fully saturated rings. The second kappa shape index (κ2) is 11.1. The van der Waals surface area contributed by atoms with Crippen LogP contribution in [0, 0.1) is 0 Å². The first-order valence-electron chi connectivity index (χ1n) is 13.5. The van der Waals surface area contributed by atoms with Crippen LogP contribution in [0.25, 0.3) is 22.4 Å². The van der Waals surface area contributed by atoms with Crippen LogP contribution in [-0.4, -0.2) is 53.6 Å². The molecule has 1 aliphatic rings. The third-order valence-corrected chi connectivity index (χ3v) is 7.48. The zero-order valence-corrected chi connectivity index (χ0v) is 22.3. The largest absolute Gasteiger partial charge is 0.369 e. The van der Waals surface area contributed by atoms with Gasteiger partial charge >= 0.3 is 0 Å². The quantitative estimate of drug-likeness (QED) is 0.314. The minimum atomic E-state index is -0.0919. The summed E-state index contributed by atoms with van der Waals surface area (Å²) in [5.41, 5.74) is 7.09. The van der Waals surface area contributed by atoms with Crippen LogP contribution in [0.4, 0.5) is 5.69 Å². The van der Waals surface area contributed by atoms with Crippen molar-refractivity contribution in [2.75, 3.05) is 38.1 Å². The van der Waals surface area contributed by atoms with E-state index in [0.717, 1.165) is 54.2 Å². The van der Waals surface area contributed by atoms with Crippen molar-refractivity contribution in [3.05, 3.63) is 120 Å². The van der Waals surface area contributed by atoms with E-state index in [0.29, 0.717) is 18.7 Å². The predicted molar refractivity (Wildman–Crippen MR) is 158 cm³/mol. The average molecular weight is 516 g/mol. The van der Waals surface area contributed by atoms with Crippen LogP contribution in [0.3, 0.4) is 0 Å². The Bertz CT molecular complexity index is 1570. The summed E-state index contributed by atoms with van der Waals surface area (Å²) >= 11 is 0. The second-order valence-electron chi connectivity index (χ2n) is 10.2. The summed E-state index contributed by atoms with van der Waals surface area (Å²) < 4.78 is 2.23. The van der Waals surface area contributed by atoms with Crippen LogP contribution in [0.5, 0.6) is 0 Å². The minimum absolute atomic E-state index is 0.0919. The van der Waals surface area contributed by atoms with Crippen LogP contribution < -0.4 is 10.2 Å². The fourth-order valence-electron chi connectivity index (χ4n) is 5.20. The van der Waals surface area contributed by atoms with Gasteiger partial charge in [0.2, 0.25) is 0 Å². The Morgan fingerprint density at radius 2 is 1.54 bits per heavy atom. The molecule has 2 heterocycles. The number of carbonyl (C=O) groups is 1. The van der Waals surface area contributed by atoms with Crippen molar-refractivity contribution in [3.8, 4) is 11.4 Å². The monoisotopic (exact) mass is 515 g/mol. The van der Waals surface area contributed by atoms with E-state index in [1.165, 1.54) is 11.3 Å². The molecule has 6 rings (SSSR count). The van der Waals surface area contributed by atoms with Gasteiger partial charge in [0.25, 0.3) is 5.91 Å². The lowest BCUT2D eigenvalue weighted by Crippen LogP contribution is -2.44. The highest BCUT2D eigenvalue weighted by Crippen LogP contribution is 2.27. The lowest BCUT2D eigenvalue weighted by atomic mass is 10.1. The summed E-state index contributed by atoms with van der Waals surface area (Å²) in [5, 5.41) is 3.09. The van der Waals surface area contributed by atoms with E-state index in [4.69, 9.17) is 4.98 Å². The Morgan fingerprint density at radius 1 is 0.795 bits per heavy atom. The number of amides is 1. The predicted octanol–water partition coefficient (Wildman–Crippen LogP) is 5.43. The van der Waals surface area contributed by atoms with Crippen molar-refractivity contribution in [3.63, 3.8) is 0 Å². The number of aromatic nitrogens is 2. The number of piperazine rings is 1. The van der Waals surface area contributed by atoms with E-state index in [-0.39, 0.29) is 5.91 Å². The molecule has 0 aliphatic carbocycles. The average Bonchev–Trinajstić information content (AvgIpc) is 3.35. The smallest absolute Gasteiger partial charge is 0.251 e. The summed E-state index contributed by atoms with van der Waals surface area (Å²) in [6.45, 7) is 5.44. The SMILES string of the molecule is CN1CCN(c2ccc(CNC(=O)c3cccc(-c4nc5ccccc5n4Cc4ccccc4)c3)cc2)CC1. The molecule has 1 amide bonds. The molecule has 0 bridgehead atoms. The Labute approximate surface area is 229 Å². The van der Waals surface area contributed by atoms with Crippen molar-refractivity contribution >= 4 is 22.6 Å². The van der Waals surface area contributed by atoms with E-state index >= 15 is 0 Å². The third-order valence-electron chi connectivity index (χ3n) is 7.48. The molecule has 1 N–H and O–H groups in total. The molecule has 4 aromatic carbocycles. The molecule has 0 atom stereocenters. The Balaban J connectivity index is 1.18. The number of fused-ring (bicyclic) bond motifs is 1. The van der Waals surface area contributed by atoms with Crippen molar-refractivity contribution in [2.45, 2.75) is 13.1 Å².